The van der Waals surface area contributed by atoms with Crippen LogP contribution in [-0.2, 0) is 0 Å². The van der Waals surface area contributed by atoms with Crippen LogP contribution in [0.25, 0.3) is 11.4 Å². The lowest BCUT2D eigenvalue weighted by molar-refractivity contribution is 0.0632. The molecule has 2 heterocycles. The molecule has 0 unspecified atom stereocenters. The smallest absolute Gasteiger partial charge is 0.319 e. The van der Waals surface area contributed by atoms with Crippen molar-refractivity contribution in [3.8, 4) is 11.4 Å². The second-order valence-corrected chi connectivity index (χ2v) is 5.29. The predicted octanol–water partition coefficient (Wildman–Crippen LogP) is 3.54. The van der Waals surface area contributed by atoms with E-state index < -0.39 is 12.5 Å². The standard InChI is InChI=1S/C16H15F2N5O/c1-9-6-7-13(23(9)16(17)18)15(24)20-12-5-3-4-11(8-12)14-19-10(2)21-22-14/h3-8,16H,1-2H3,(H,20,24)(H,19,21,22). The molecule has 3 rings (SSSR count). The highest BCUT2D eigenvalue weighted by molar-refractivity contribution is 6.03. The molecule has 6 nitrogen and oxygen atoms in total. The number of amides is 1. The van der Waals surface area contributed by atoms with Crippen LogP contribution in [0.15, 0.2) is 36.4 Å². The summed E-state index contributed by atoms with van der Waals surface area (Å²) in [5.41, 5.74) is 1.40. The average Bonchev–Trinajstić information content (AvgIpc) is 3.13. The molecule has 0 aliphatic heterocycles. The van der Waals surface area contributed by atoms with Crippen molar-refractivity contribution in [2.45, 2.75) is 20.4 Å². The highest BCUT2D eigenvalue weighted by Crippen LogP contribution is 2.22. The number of rotatable bonds is 4. The van der Waals surface area contributed by atoms with E-state index in [1.807, 2.05) is 0 Å². The molecule has 124 valence electrons. The maximum atomic E-state index is 13.1. The number of alkyl halides is 2. The number of H-pyrrole nitrogens is 1. The van der Waals surface area contributed by atoms with Gasteiger partial charge < -0.3 is 5.32 Å². The fourth-order valence-electron chi connectivity index (χ4n) is 2.40. The highest BCUT2D eigenvalue weighted by atomic mass is 19.3. The topological polar surface area (TPSA) is 75.6 Å². The molecule has 0 atom stereocenters. The van der Waals surface area contributed by atoms with Crippen LogP contribution in [-0.4, -0.2) is 25.7 Å². The summed E-state index contributed by atoms with van der Waals surface area (Å²) < 4.78 is 26.8. The fourth-order valence-corrected chi connectivity index (χ4v) is 2.40. The number of halogens is 2. The van der Waals surface area contributed by atoms with Crippen molar-refractivity contribution >= 4 is 11.6 Å². The van der Waals surface area contributed by atoms with Crippen LogP contribution >= 0.6 is 0 Å². The molecule has 0 fully saturated rings. The zero-order valence-electron chi connectivity index (χ0n) is 13.0. The molecule has 0 saturated carbocycles. The van der Waals surface area contributed by atoms with Gasteiger partial charge in [0.05, 0.1) is 0 Å². The summed E-state index contributed by atoms with van der Waals surface area (Å²) in [7, 11) is 0. The van der Waals surface area contributed by atoms with E-state index in [0.717, 1.165) is 0 Å². The van der Waals surface area contributed by atoms with Crippen molar-refractivity contribution in [3.05, 3.63) is 53.6 Å². The monoisotopic (exact) mass is 331 g/mol. The Balaban J connectivity index is 1.85. The number of benzene rings is 1. The summed E-state index contributed by atoms with van der Waals surface area (Å²) in [6.07, 6.45) is 0. The van der Waals surface area contributed by atoms with Crippen LogP contribution in [0.3, 0.4) is 0 Å². The summed E-state index contributed by atoms with van der Waals surface area (Å²) in [6, 6.07) is 9.73. The maximum absolute atomic E-state index is 13.1. The van der Waals surface area contributed by atoms with Crippen LogP contribution in [0.1, 0.15) is 28.6 Å². The first kappa shape index (κ1) is 15.9. The van der Waals surface area contributed by atoms with Gasteiger partial charge in [-0.2, -0.15) is 13.9 Å². The number of aromatic nitrogens is 4. The zero-order chi connectivity index (χ0) is 17.3. The molecule has 0 bridgehead atoms. The fraction of sp³-hybridized carbons (Fsp3) is 0.188. The van der Waals surface area contributed by atoms with Crippen molar-refractivity contribution in [3.63, 3.8) is 0 Å². The third-order valence-corrected chi connectivity index (χ3v) is 3.53. The lowest BCUT2D eigenvalue weighted by Crippen LogP contribution is -2.18. The number of nitrogens with one attached hydrogen (secondary N) is 2. The molecular formula is C16H15F2N5O. The molecule has 0 radical (unpaired) electrons. The second-order valence-electron chi connectivity index (χ2n) is 5.29. The SMILES string of the molecule is Cc1nc(-c2cccc(NC(=O)c3ccc(C)n3C(F)F)c2)n[nH]1. The third-order valence-electron chi connectivity index (χ3n) is 3.53. The van der Waals surface area contributed by atoms with Gasteiger partial charge in [0.15, 0.2) is 5.82 Å². The Morgan fingerprint density at radius 1 is 1.25 bits per heavy atom. The normalized spacial score (nSPS) is 11.0. The van der Waals surface area contributed by atoms with E-state index in [9.17, 15) is 13.6 Å². The molecule has 24 heavy (non-hydrogen) atoms. The minimum Gasteiger partial charge on any atom is -0.321 e. The molecule has 1 aromatic carbocycles. The lowest BCUT2D eigenvalue weighted by Gasteiger charge is -2.11. The van der Waals surface area contributed by atoms with Gasteiger partial charge in [0.25, 0.3) is 5.91 Å². The summed E-state index contributed by atoms with van der Waals surface area (Å²) in [5.74, 6) is 0.562. The first-order chi connectivity index (χ1) is 11.5. The Bertz CT molecular complexity index is 884. The predicted molar refractivity (Wildman–Crippen MR) is 84.9 cm³/mol. The van der Waals surface area contributed by atoms with Crippen molar-refractivity contribution in [1.29, 1.82) is 0 Å². The van der Waals surface area contributed by atoms with E-state index in [1.165, 1.54) is 19.1 Å². The minimum absolute atomic E-state index is 0.0957. The molecule has 3 aromatic rings. The molecule has 2 aromatic heterocycles. The summed E-state index contributed by atoms with van der Waals surface area (Å²) in [6.45, 7) is 0.529. The van der Waals surface area contributed by atoms with E-state index in [-0.39, 0.29) is 5.69 Å². The molecule has 1 amide bonds. The van der Waals surface area contributed by atoms with Crippen LogP contribution < -0.4 is 5.32 Å². The van der Waals surface area contributed by atoms with Gasteiger partial charge in [-0.3, -0.25) is 14.5 Å². The number of hydrogen-bond acceptors (Lipinski definition) is 3. The first-order valence-electron chi connectivity index (χ1n) is 7.22. The van der Waals surface area contributed by atoms with Crippen LogP contribution in [0, 0.1) is 13.8 Å². The average molecular weight is 331 g/mol. The van der Waals surface area contributed by atoms with Gasteiger partial charge in [0, 0.05) is 16.9 Å². The Morgan fingerprint density at radius 3 is 2.71 bits per heavy atom. The van der Waals surface area contributed by atoms with E-state index in [4.69, 9.17) is 0 Å². The quantitative estimate of drug-likeness (QED) is 0.768. The zero-order valence-corrected chi connectivity index (χ0v) is 13.0. The molecule has 8 heteroatoms. The number of carbonyl (C=O) groups excluding carboxylic acids is 1. The van der Waals surface area contributed by atoms with Crippen molar-refractivity contribution < 1.29 is 13.6 Å². The molecule has 0 spiro atoms. The number of anilines is 1. The van der Waals surface area contributed by atoms with Crippen molar-refractivity contribution in [2.75, 3.05) is 5.32 Å². The van der Waals surface area contributed by atoms with Gasteiger partial charge in [-0.25, -0.2) is 4.98 Å². The van der Waals surface area contributed by atoms with Crippen LogP contribution in [0.2, 0.25) is 0 Å². The van der Waals surface area contributed by atoms with Crippen molar-refractivity contribution in [1.82, 2.24) is 19.7 Å². The molecular weight excluding hydrogens is 316 g/mol. The Hall–Kier alpha value is -3.03. The van der Waals surface area contributed by atoms with Gasteiger partial charge in [-0.15, -0.1) is 0 Å². The Morgan fingerprint density at radius 2 is 2.04 bits per heavy atom. The lowest BCUT2D eigenvalue weighted by atomic mass is 10.2. The summed E-state index contributed by atoms with van der Waals surface area (Å²) in [5, 5.41) is 9.42. The maximum Gasteiger partial charge on any atom is 0.319 e. The Labute approximate surface area is 136 Å². The second kappa shape index (κ2) is 6.23. The number of carbonyl (C=O) groups is 1. The molecule has 0 saturated heterocycles. The van der Waals surface area contributed by atoms with Crippen LogP contribution in [0.5, 0.6) is 0 Å². The molecule has 2 N–H and O–H groups in total. The molecule has 0 aliphatic carbocycles. The van der Waals surface area contributed by atoms with E-state index in [0.29, 0.717) is 33.2 Å². The minimum atomic E-state index is -2.77. The van der Waals surface area contributed by atoms with Gasteiger partial charge in [-0.05, 0) is 38.1 Å². The van der Waals surface area contributed by atoms with E-state index in [2.05, 4.69) is 20.5 Å². The number of nitrogens with zero attached hydrogens (tertiary/aromatic N) is 3. The first-order valence-corrected chi connectivity index (χ1v) is 7.22. The number of aryl methyl sites for hydroxylation is 2. The van der Waals surface area contributed by atoms with Gasteiger partial charge in [0.1, 0.15) is 11.5 Å². The summed E-state index contributed by atoms with van der Waals surface area (Å²) in [4.78, 5) is 16.5. The number of aromatic amines is 1. The van der Waals surface area contributed by atoms with Gasteiger partial charge >= 0.3 is 6.55 Å². The number of hydrogen-bond donors (Lipinski definition) is 2. The summed E-state index contributed by atoms with van der Waals surface area (Å²) >= 11 is 0. The van der Waals surface area contributed by atoms with E-state index >= 15 is 0 Å². The Kier molecular flexibility index (Phi) is 4.11. The van der Waals surface area contributed by atoms with Crippen LogP contribution in [0.4, 0.5) is 14.5 Å². The third kappa shape index (κ3) is 3.03. The largest absolute Gasteiger partial charge is 0.321 e. The highest BCUT2D eigenvalue weighted by Gasteiger charge is 2.19. The van der Waals surface area contributed by atoms with E-state index in [1.54, 1.807) is 31.2 Å². The van der Waals surface area contributed by atoms with Crippen molar-refractivity contribution in [2.24, 2.45) is 0 Å². The molecule has 0 aliphatic rings. The van der Waals surface area contributed by atoms with Gasteiger partial charge in [0.2, 0.25) is 0 Å². The van der Waals surface area contributed by atoms with Gasteiger partial charge in [-0.1, -0.05) is 12.1 Å².